The summed E-state index contributed by atoms with van der Waals surface area (Å²) in [7, 11) is 1.73. The van der Waals surface area contributed by atoms with E-state index in [1.165, 1.54) is 6.08 Å². The second kappa shape index (κ2) is 4.56. The van der Waals surface area contributed by atoms with Crippen molar-refractivity contribution < 1.29 is 4.79 Å². The number of aryl methyl sites for hydroxylation is 1. The fourth-order valence-electron chi connectivity index (χ4n) is 1.16. The molecule has 0 bridgehead atoms. The summed E-state index contributed by atoms with van der Waals surface area (Å²) in [5, 5.41) is 0. The molecule has 0 aliphatic rings. The Hall–Kier alpha value is -1.64. The molecule has 14 heavy (non-hydrogen) atoms. The molecule has 0 saturated heterocycles. The molecule has 0 spiro atoms. The number of rotatable bonds is 3. The zero-order chi connectivity index (χ0) is 10.6. The molecule has 74 valence electrons. The molecule has 1 aromatic rings. The average Bonchev–Trinajstić information content (AvgIpc) is 2.16. The molecule has 1 rings (SSSR count). The van der Waals surface area contributed by atoms with Crippen LogP contribution < -0.4 is 0 Å². The molecule has 0 radical (unpaired) electrons. The highest BCUT2D eigenvalue weighted by atomic mass is 16.2. The van der Waals surface area contributed by atoms with E-state index in [4.69, 9.17) is 0 Å². The minimum Gasteiger partial charge on any atom is -0.336 e. The van der Waals surface area contributed by atoms with Crippen molar-refractivity contribution in [3.05, 3.63) is 42.2 Å². The maximum Gasteiger partial charge on any atom is 0.246 e. The van der Waals surface area contributed by atoms with Crippen LogP contribution >= 0.6 is 0 Å². The third-order valence-corrected chi connectivity index (χ3v) is 1.90. The van der Waals surface area contributed by atoms with Gasteiger partial charge in [0.1, 0.15) is 0 Å². The van der Waals surface area contributed by atoms with Crippen molar-refractivity contribution in [2.45, 2.75) is 13.5 Å². The van der Waals surface area contributed by atoms with Crippen LogP contribution in [-0.4, -0.2) is 22.8 Å². The van der Waals surface area contributed by atoms with Gasteiger partial charge < -0.3 is 4.90 Å². The van der Waals surface area contributed by atoms with E-state index in [0.29, 0.717) is 6.54 Å². The van der Waals surface area contributed by atoms with E-state index in [1.807, 2.05) is 25.1 Å². The van der Waals surface area contributed by atoms with E-state index >= 15 is 0 Å². The molecule has 1 amide bonds. The first-order valence-electron chi connectivity index (χ1n) is 4.43. The first-order valence-corrected chi connectivity index (χ1v) is 4.43. The highest BCUT2D eigenvalue weighted by Crippen LogP contribution is 2.01. The van der Waals surface area contributed by atoms with Crippen LogP contribution in [0, 0.1) is 6.92 Å². The number of carbonyl (C=O) groups is 1. The Labute approximate surface area is 84.1 Å². The van der Waals surface area contributed by atoms with Crippen LogP contribution in [0.1, 0.15) is 11.4 Å². The van der Waals surface area contributed by atoms with Gasteiger partial charge in [-0.05, 0) is 25.1 Å². The molecular formula is C11H14N2O. The van der Waals surface area contributed by atoms with Gasteiger partial charge in [0.05, 0.1) is 12.2 Å². The number of carbonyl (C=O) groups excluding carboxylic acids is 1. The summed E-state index contributed by atoms with van der Waals surface area (Å²) in [5.74, 6) is -0.0895. The second-order valence-electron chi connectivity index (χ2n) is 3.17. The highest BCUT2D eigenvalue weighted by Gasteiger charge is 2.05. The predicted molar refractivity (Wildman–Crippen MR) is 55.6 cm³/mol. The standard InChI is InChI=1S/C11H14N2O/c1-4-11(14)13(3)8-10-7-5-6-9(2)12-10/h4-7H,1,8H2,2-3H3. The zero-order valence-electron chi connectivity index (χ0n) is 8.53. The Balaban J connectivity index is 2.69. The van der Waals surface area contributed by atoms with Crippen molar-refractivity contribution in [1.29, 1.82) is 0 Å². The Kier molecular flexibility index (Phi) is 3.40. The van der Waals surface area contributed by atoms with Gasteiger partial charge in [0.25, 0.3) is 0 Å². The van der Waals surface area contributed by atoms with E-state index in [2.05, 4.69) is 11.6 Å². The normalized spacial score (nSPS) is 9.57. The lowest BCUT2D eigenvalue weighted by Gasteiger charge is -2.14. The monoisotopic (exact) mass is 190 g/mol. The van der Waals surface area contributed by atoms with Gasteiger partial charge >= 0.3 is 0 Å². The van der Waals surface area contributed by atoms with Gasteiger partial charge in [-0.2, -0.15) is 0 Å². The maximum absolute atomic E-state index is 11.2. The van der Waals surface area contributed by atoms with Crippen LogP contribution in [0.4, 0.5) is 0 Å². The van der Waals surface area contributed by atoms with E-state index < -0.39 is 0 Å². The van der Waals surface area contributed by atoms with E-state index in [-0.39, 0.29) is 5.91 Å². The topological polar surface area (TPSA) is 33.2 Å². The van der Waals surface area contributed by atoms with Crippen LogP contribution in [0.5, 0.6) is 0 Å². The van der Waals surface area contributed by atoms with Crippen molar-refractivity contribution in [3.8, 4) is 0 Å². The van der Waals surface area contributed by atoms with Gasteiger partial charge in [0.15, 0.2) is 0 Å². The Morgan fingerprint density at radius 3 is 2.93 bits per heavy atom. The van der Waals surface area contributed by atoms with Gasteiger partial charge in [-0.1, -0.05) is 12.6 Å². The first-order chi connectivity index (χ1) is 6.63. The zero-order valence-corrected chi connectivity index (χ0v) is 8.53. The SMILES string of the molecule is C=CC(=O)N(C)Cc1cccc(C)n1. The van der Waals surface area contributed by atoms with Crippen LogP contribution in [0.2, 0.25) is 0 Å². The number of pyridine rings is 1. The van der Waals surface area contributed by atoms with Crippen molar-refractivity contribution >= 4 is 5.91 Å². The molecule has 0 fully saturated rings. The van der Waals surface area contributed by atoms with Gasteiger partial charge in [-0.25, -0.2) is 0 Å². The van der Waals surface area contributed by atoms with E-state index in [0.717, 1.165) is 11.4 Å². The number of hydrogen-bond acceptors (Lipinski definition) is 2. The lowest BCUT2D eigenvalue weighted by molar-refractivity contribution is -0.125. The lowest BCUT2D eigenvalue weighted by Crippen LogP contribution is -2.24. The quantitative estimate of drug-likeness (QED) is 0.677. The van der Waals surface area contributed by atoms with Crippen molar-refractivity contribution in [2.24, 2.45) is 0 Å². The highest BCUT2D eigenvalue weighted by molar-refractivity contribution is 5.86. The lowest BCUT2D eigenvalue weighted by atomic mass is 10.3. The number of amides is 1. The molecule has 0 N–H and O–H groups in total. The molecule has 0 atom stereocenters. The molecule has 0 aromatic carbocycles. The number of likely N-dealkylation sites (N-methyl/N-ethyl adjacent to an activating group) is 1. The molecule has 0 unspecified atom stereocenters. The van der Waals surface area contributed by atoms with Crippen molar-refractivity contribution in [3.63, 3.8) is 0 Å². The van der Waals surface area contributed by atoms with Gasteiger partial charge in [-0.3, -0.25) is 9.78 Å². The van der Waals surface area contributed by atoms with Crippen LogP contribution in [-0.2, 0) is 11.3 Å². The third kappa shape index (κ3) is 2.69. The predicted octanol–water partition coefficient (Wildman–Crippen LogP) is 1.53. The third-order valence-electron chi connectivity index (χ3n) is 1.90. The largest absolute Gasteiger partial charge is 0.336 e. The van der Waals surface area contributed by atoms with Crippen LogP contribution in [0.3, 0.4) is 0 Å². The summed E-state index contributed by atoms with van der Waals surface area (Å²) < 4.78 is 0. The summed E-state index contributed by atoms with van der Waals surface area (Å²) in [6, 6.07) is 5.77. The van der Waals surface area contributed by atoms with Crippen LogP contribution in [0.25, 0.3) is 0 Å². The summed E-state index contributed by atoms with van der Waals surface area (Å²) in [4.78, 5) is 17.1. The summed E-state index contributed by atoms with van der Waals surface area (Å²) >= 11 is 0. The molecule has 0 saturated carbocycles. The summed E-state index contributed by atoms with van der Waals surface area (Å²) in [6.07, 6.45) is 1.30. The van der Waals surface area contributed by atoms with E-state index in [9.17, 15) is 4.79 Å². The van der Waals surface area contributed by atoms with Crippen LogP contribution in [0.15, 0.2) is 30.9 Å². The average molecular weight is 190 g/mol. The smallest absolute Gasteiger partial charge is 0.246 e. The fourth-order valence-corrected chi connectivity index (χ4v) is 1.16. The number of hydrogen-bond donors (Lipinski definition) is 0. The molecule has 3 nitrogen and oxygen atoms in total. The second-order valence-corrected chi connectivity index (χ2v) is 3.17. The maximum atomic E-state index is 11.2. The van der Waals surface area contributed by atoms with Gasteiger partial charge in [-0.15, -0.1) is 0 Å². The Morgan fingerprint density at radius 1 is 1.64 bits per heavy atom. The molecule has 3 heteroatoms. The van der Waals surface area contributed by atoms with Gasteiger partial charge in [0.2, 0.25) is 5.91 Å². The molecular weight excluding hydrogens is 176 g/mol. The van der Waals surface area contributed by atoms with Gasteiger partial charge in [0, 0.05) is 12.7 Å². The minimum absolute atomic E-state index is 0.0895. The van der Waals surface area contributed by atoms with Crippen molar-refractivity contribution in [1.82, 2.24) is 9.88 Å². The molecule has 0 aliphatic heterocycles. The molecule has 0 aliphatic carbocycles. The molecule has 1 heterocycles. The number of nitrogens with zero attached hydrogens (tertiary/aromatic N) is 2. The summed E-state index contributed by atoms with van der Waals surface area (Å²) in [6.45, 7) is 5.88. The van der Waals surface area contributed by atoms with E-state index in [1.54, 1.807) is 11.9 Å². The first kappa shape index (κ1) is 10.4. The van der Waals surface area contributed by atoms with Crippen molar-refractivity contribution in [2.75, 3.05) is 7.05 Å². The summed E-state index contributed by atoms with van der Waals surface area (Å²) in [5.41, 5.74) is 1.85. The molecule has 1 aromatic heterocycles. The minimum atomic E-state index is -0.0895. The number of aromatic nitrogens is 1. The Morgan fingerprint density at radius 2 is 2.36 bits per heavy atom. The Bertz CT molecular complexity index is 347. The fraction of sp³-hybridized carbons (Fsp3) is 0.273.